The van der Waals surface area contributed by atoms with Crippen molar-refractivity contribution >= 4 is 44.9 Å². The third kappa shape index (κ3) is 5.81. The Bertz CT molecular complexity index is 1630. The molecular formula is C37H40INO5. The molecular weight excluding hydrogens is 665 g/mol. The van der Waals surface area contributed by atoms with Crippen LogP contribution < -0.4 is 9.47 Å². The molecule has 3 aromatic carbocycles. The normalized spacial score (nSPS) is 17.3. The van der Waals surface area contributed by atoms with E-state index in [1.165, 1.54) is 16.3 Å². The lowest BCUT2D eigenvalue weighted by Crippen LogP contribution is -2.39. The van der Waals surface area contributed by atoms with Gasteiger partial charge in [0.05, 0.1) is 10.2 Å². The van der Waals surface area contributed by atoms with Crippen LogP contribution in [0.3, 0.4) is 0 Å². The second kappa shape index (κ2) is 13.4. The van der Waals surface area contributed by atoms with Crippen LogP contribution in [-0.2, 0) is 20.9 Å². The van der Waals surface area contributed by atoms with Gasteiger partial charge in [0.15, 0.2) is 23.1 Å². The van der Waals surface area contributed by atoms with Crippen molar-refractivity contribution < 1.29 is 23.8 Å². The maximum absolute atomic E-state index is 13.7. The number of ketones is 2. The highest BCUT2D eigenvalue weighted by atomic mass is 127. The zero-order chi connectivity index (χ0) is 30.8. The molecule has 1 aliphatic heterocycles. The number of methoxy groups -OCH3 is 1. The number of hydrogen-bond acceptors (Lipinski definition) is 6. The van der Waals surface area contributed by atoms with Gasteiger partial charge >= 0.3 is 0 Å². The lowest BCUT2D eigenvalue weighted by molar-refractivity contribution is -0.117. The monoisotopic (exact) mass is 705 g/mol. The maximum Gasteiger partial charge on any atom is 0.174 e. The highest BCUT2D eigenvalue weighted by Gasteiger charge is 2.43. The van der Waals surface area contributed by atoms with Crippen LogP contribution >= 0.6 is 22.6 Å². The fraction of sp³-hybridized carbons (Fsp3) is 0.405. The van der Waals surface area contributed by atoms with E-state index in [4.69, 9.17) is 14.2 Å². The minimum Gasteiger partial charge on any atom is -0.490 e. The van der Waals surface area contributed by atoms with E-state index in [9.17, 15) is 9.59 Å². The van der Waals surface area contributed by atoms with Gasteiger partial charge in [-0.05, 0) is 103 Å². The number of Topliss-reactive ketones (excluding diaryl/α,β-unsaturated/α-hetero) is 2. The molecule has 0 amide bonds. The van der Waals surface area contributed by atoms with Crippen molar-refractivity contribution in [2.45, 2.75) is 71.3 Å². The average Bonchev–Trinajstić information content (AvgIpc) is 3.02. The summed E-state index contributed by atoms with van der Waals surface area (Å²) in [6.07, 6.45) is 5.23. The summed E-state index contributed by atoms with van der Waals surface area (Å²) in [5, 5.41) is 2.36. The summed E-state index contributed by atoms with van der Waals surface area (Å²) >= 11 is 2.32. The summed E-state index contributed by atoms with van der Waals surface area (Å²) in [6.45, 7) is 6.35. The minimum absolute atomic E-state index is 0.151. The molecule has 0 atom stereocenters. The molecule has 3 aliphatic rings. The van der Waals surface area contributed by atoms with Crippen LogP contribution in [0.25, 0.3) is 10.8 Å². The first kappa shape index (κ1) is 30.8. The number of aryl methyl sites for hydroxylation is 1. The number of allylic oxidation sites excluding steroid dienone is 4. The van der Waals surface area contributed by atoms with E-state index in [1.54, 1.807) is 7.11 Å². The fourth-order valence-electron chi connectivity index (χ4n) is 7.13. The predicted molar refractivity (Wildman–Crippen MR) is 181 cm³/mol. The second-order valence-electron chi connectivity index (χ2n) is 11.8. The van der Waals surface area contributed by atoms with Crippen LogP contribution in [0, 0.1) is 10.5 Å². The first-order chi connectivity index (χ1) is 21.4. The third-order valence-corrected chi connectivity index (χ3v) is 9.92. The van der Waals surface area contributed by atoms with E-state index in [-0.39, 0.29) is 17.5 Å². The molecule has 44 heavy (non-hydrogen) atoms. The van der Waals surface area contributed by atoms with Gasteiger partial charge in [-0.2, -0.15) is 0 Å². The standard InChI is InChI=1S/C37H40INO5/c1-4-43-33-21-25(20-28(38)37(33)44-22-27-23(2)16-17-24-10-5-6-11-26(24)27)34-35-29(12-7-14-31(35)40)39(18-9-19-42-3)30-13-8-15-32(41)36(30)34/h5-6,10-11,16-17,20-21,34H,4,7-9,12-15,18-19,22H2,1-3H3. The molecule has 0 unspecified atom stereocenters. The van der Waals surface area contributed by atoms with Crippen LogP contribution in [0.4, 0.5) is 0 Å². The molecule has 0 spiro atoms. The molecule has 0 bridgehead atoms. The molecule has 0 radical (unpaired) electrons. The van der Waals surface area contributed by atoms with Gasteiger partial charge in [0, 0.05) is 67.1 Å². The first-order valence-electron chi connectivity index (χ1n) is 15.8. The van der Waals surface area contributed by atoms with Gasteiger partial charge in [-0.25, -0.2) is 0 Å². The van der Waals surface area contributed by atoms with E-state index in [0.29, 0.717) is 44.2 Å². The summed E-state index contributed by atoms with van der Waals surface area (Å²) in [6, 6.07) is 16.8. The fourth-order valence-corrected chi connectivity index (χ4v) is 7.91. The zero-order valence-electron chi connectivity index (χ0n) is 25.8. The number of hydrogen-bond donors (Lipinski definition) is 0. The van der Waals surface area contributed by atoms with Crippen molar-refractivity contribution in [3.8, 4) is 11.5 Å². The lowest BCUT2D eigenvalue weighted by atomic mass is 9.71. The quantitative estimate of drug-likeness (QED) is 0.157. The van der Waals surface area contributed by atoms with Gasteiger partial charge in [0.2, 0.25) is 0 Å². The maximum atomic E-state index is 13.7. The molecule has 0 saturated carbocycles. The molecule has 2 aliphatic carbocycles. The van der Waals surface area contributed by atoms with Gasteiger partial charge in [-0.3, -0.25) is 9.59 Å². The van der Waals surface area contributed by atoms with Crippen molar-refractivity contribution in [2.75, 3.05) is 26.9 Å². The number of rotatable bonds is 10. The van der Waals surface area contributed by atoms with E-state index >= 15 is 0 Å². The highest BCUT2D eigenvalue weighted by Crippen LogP contribution is 2.51. The number of benzene rings is 3. The Balaban J connectivity index is 1.43. The summed E-state index contributed by atoms with van der Waals surface area (Å²) in [5.74, 6) is 1.25. The van der Waals surface area contributed by atoms with E-state index in [2.05, 4.69) is 76.9 Å². The molecule has 1 heterocycles. The molecule has 0 aromatic heterocycles. The van der Waals surface area contributed by atoms with Gasteiger partial charge in [0.25, 0.3) is 0 Å². The molecule has 3 aromatic rings. The zero-order valence-corrected chi connectivity index (χ0v) is 28.0. The summed E-state index contributed by atoms with van der Waals surface area (Å²) in [5.41, 5.74) is 7.02. The first-order valence-corrected chi connectivity index (χ1v) is 16.9. The van der Waals surface area contributed by atoms with Crippen LogP contribution in [0.2, 0.25) is 0 Å². The molecule has 0 fully saturated rings. The Kier molecular flexibility index (Phi) is 9.42. The van der Waals surface area contributed by atoms with Crippen molar-refractivity contribution in [1.82, 2.24) is 4.90 Å². The lowest BCUT2D eigenvalue weighted by Gasteiger charge is -2.44. The number of halogens is 1. The Hall–Kier alpha value is -3.17. The molecule has 0 saturated heterocycles. The molecule has 230 valence electrons. The van der Waals surface area contributed by atoms with Gasteiger partial charge in [-0.15, -0.1) is 0 Å². The van der Waals surface area contributed by atoms with Crippen molar-refractivity contribution in [2.24, 2.45) is 0 Å². The summed E-state index contributed by atoms with van der Waals surface area (Å²) < 4.78 is 19.0. The Labute approximate surface area is 273 Å². The topological polar surface area (TPSA) is 65.1 Å². The summed E-state index contributed by atoms with van der Waals surface area (Å²) in [7, 11) is 1.71. The van der Waals surface area contributed by atoms with Gasteiger partial charge in [-0.1, -0.05) is 36.4 Å². The van der Waals surface area contributed by atoms with Crippen molar-refractivity contribution in [3.05, 3.63) is 91.3 Å². The molecule has 0 N–H and O–H groups in total. The Morgan fingerprint density at radius 2 is 1.61 bits per heavy atom. The summed E-state index contributed by atoms with van der Waals surface area (Å²) in [4.78, 5) is 29.8. The number of ether oxygens (including phenoxy) is 3. The van der Waals surface area contributed by atoms with Gasteiger partial charge in [0.1, 0.15) is 6.61 Å². The van der Waals surface area contributed by atoms with E-state index in [0.717, 1.165) is 75.9 Å². The predicted octanol–water partition coefficient (Wildman–Crippen LogP) is 8.18. The number of carbonyl (C=O) groups excluding carboxylic acids is 2. The second-order valence-corrected chi connectivity index (χ2v) is 13.0. The molecule has 7 heteroatoms. The smallest absolute Gasteiger partial charge is 0.174 e. The number of carbonyl (C=O) groups is 2. The van der Waals surface area contributed by atoms with E-state index < -0.39 is 0 Å². The van der Waals surface area contributed by atoms with Crippen molar-refractivity contribution in [3.63, 3.8) is 0 Å². The molecule has 6 nitrogen and oxygen atoms in total. The Morgan fingerprint density at radius 1 is 0.909 bits per heavy atom. The van der Waals surface area contributed by atoms with Crippen LogP contribution in [-0.4, -0.2) is 43.3 Å². The number of fused-ring (bicyclic) bond motifs is 1. The average molecular weight is 706 g/mol. The van der Waals surface area contributed by atoms with Gasteiger partial charge < -0.3 is 19.1 Å². The largest absolute Gasteiger partial charge is 0.490 e. The molecule has 6 rings (SSSR count). The third-order valence-electron chi connectivity index (χ3n) is 9.12. The van der Waals surface area contributed by atoms with Crippen LogP contribution in [0.1, 0.15) is 74.5 Å². The number of nitrogens with zero attached hydrogens (tertiary/aromatic N) is 1. The highest BCUT2D eigenvalue weighted by molar-refractivity contribution is 14.1. The minimum atomic E-state index is -0.388. The van der Waals surface area contributed by atoms with Crippen LogP contribution in [0.5, 0.6) is 11.5 Å². The SMILES string of the molecule is CCOc1cc(C2C3=C(CCCC3=O)N(CCCOC)C3=C2C(=O)CCC3)cc(I)c1OCc1c(C)ccc2ccccc12. The van der Waals surface area contributed by atoms with Crippen LogP contribution in [0.15, 0.2) is 71.1 Å². The Morgan fingerprint density at radius 3 is 2.30 bits per heavy atom. The van der Waals surface area contributed by atoms with Crippen molar-refractivity contribution in [1.29, 1.82) is 0 Å². The van der Waals surface area contributed by atoms with E-state index in [1.807, 2.05) is 13.0 Å².